The predicted molar refractivity (Wildman–Crippen MR) is 107 cm³/mol. The van der Waals surface area contributed by atoms with E-state index in [2.05, 4.69) is 20.9 Å². The van der Waals surface area contributed by atoms with Crippen LogP contribution in [-0.4, -0.2) is 35.9 Å². The number of anilines is 1. The highest BCUT2D eigenvalue weighted by molar-refractivity contribution is 7.17. The van der Waals surface area contributed by atoms with Crippen LogP contribution >= 0.6 is 11.3 Å². The van der Waals surface area contributed by atoms with Crippen molar-refractivity contribution in [1.29, 1.82) is 0 Å². The molecule has 0 aromatic carbocycles. The lowest BCUT2D eigenvalue weighted by atomic mass is 9.95. The molecule has 6 nitrogen and oxygen atoms in total. The second-order valence-electron chi connectivity index (χ2n) is 7.13. The number of hydrogen-bond donors (Lipinski definition) is 3. The van der Waals surface area contributed by atoms with Crippen LogP contribution in [-0.2, 0) is 12.8 Å². The molecule has 27 heavy (non-hydrogen) atoms. The number of fused-ring (bicyclic) bond motifs is 1. The predicted octanol–water partition coefficient (Wildman–Crippen LogP) is 2.76. The normalized spacial score (nSPS) is 19.2. The van der Waals surface area contributed by atoms with Gasteiger partial charge in [-0.05, 0) is 62.8 Å². The van der Waals surface area contributed by atoms with Crippen molar-refractivity contribution in [3.8, 4) is 0 Å². The molecule has 3 N–H and O–H groups in total. The van der Waals surface area contributed by atoms with Crippen LogP contribution in [0.5, 0.6) is 0 Å². The summed E-state index contributed by atoms with van der Waals surface area (Å²) in [7, 11) is 0. The third-order valence-corrected chi connectivity index (χ3v) is 6.39. The van der Waals surface area contributed by atoms with Gasteiger partial charge in [0.1, 0.15) is 5.00 Å². The smallest absolute Gasteiger partial charge is 0.257 e. The number of nitrogens with zero attached hydrogens (tertiary/aromatic N) is 1. The van der Waals surface area contributed by atoms with Gasteiger partial charge in [0.15, 0.2) is 0 Å². The molecule has 2 aliphatic rings. The number of thiophene rings is 1. The molecule has 2 aromatic rings. The van der Waals surface area contributed by atoms with E-state index in [1.807, 2.05) is 0 Å². The molecule has 1 aliphatic carbocycles. The minimum absolute atomic E-state index is 0.0652. The van der Waals surface area contributed by atoms with Crippen molar-refractivity contribution in [1.82, 2.24) is 15.6 Å². The molecule has 0 radical (unpaired) electrons. The first-order chi connectivity index (χ1) is 13.2. The van der Waals surface area contributed by atoms with E-state index in [9.17, 15) is 9.59 Å². The summed E-state index contributed by atoms with van der Waals surface area (Å²) in [5.41, 5.74) is 2.28. The largest absolute Gasteiger partial charge is 0.348 e. The fraction of sp³-hybridized carbons (Fsp3) is 0.450. The SMILES string of the molecule is O=C(Nc1sc2c(c1C(=O)N[C@H]1CCCNC1)CCCC2)c1cccnc1. The summed E-state index contributed by atoms with van der Waals surface area (Å²) in [5, 5.41) is 10.1. The lowest BCUT2D eigenvalue weighted by Crippen LogP contribution is -2.45. The Morgan fingerprint density at radius 1 is 1.19 bits per heavy atom. The fourth-order valence-corrected chi connectivity index (χ4v) is 5.08. The van der Waals surface area contributed by atoms with Crippen LogP contribution in [0.2, 0.25) is 0 Å². The zero-order valence-corrected chi connectivity index (χ0v) is 16.0. The monoisotopic (exact) mass is 384 g/mol. The Kier molecular flexibility index (Phi) is 5.50. The second-order valence-corrected chi connectivity index (χ2v) is 8.23. The molecule has 4 rings (SSSR count). The Bertz CT molecular complexity index is 828. The first kappa shape index (κ1) is 18.1. The number of pyridine rings is 1. The highest BCUT2D eigenvalue weighted by Crippen LogP contribution is 2.38. The molecule has 1 saturated heterocycles. The number of amides is 2. The Balaban J connectivity index is 1.59. The van der Waals surface area contributed by atoms with Gasteiger partial charge in [0.2, 0.25) is 0 Å². The summed E-state index contributed by atoms with van der Waals surface area (Å²) in [6.07, 6.45) is 9.34. The van der Waals surface area contributed by atoms with Gasteiger partial charge < -0.3 is 16.0 Å². The first-order valence-electron chi connectivity index (χ1n) is 9.60. The van der Waals surface area contributed by atoms with Crippen LogP contribution in [0.15, 0.2) is 24.5 Å². The molecule has 0 spiro atoms. The van der Waals surface area contributed by atoms with Gasteiger partial charge in [-0.3, -0.25) is 14.6 Å². The van der Waals surface area contributed by atoms with E-state index < -0.39 is 0 Å². The van der Waals surface area contributed by atoms with Gasteiger partial charge in [-0.15, -0.1) is 11.3 Å². The topological polar surface area (TPSA) is 83.1 Å². The van der Waals surface area contributed by atoms with Crippen molar-refractivity contribution in [3.63, 3.8) is 0 Å². The summed E-state index contributed by atoms with van der Waals surface area (Å²) in [6, 6.07) is 3.61. The summed E-state index contributed by atoms with van der Waals surface area (Å²) in [5.74, 6) is -0.292. The average molecular weight is 385 g/mol. The van der Waals surface area contributed by atoms with Gasteiger partial charge >= 0.3 is 0 Å². The number of piperidine rings is 1. The zero-order valence-electron chi connectivity index (χ0n) is 15.2. The van der Waals surface area contributed by atoms with Crippen LogP contribution in [0.4, 0.5) is 5.00 Å². The zero-order chi connectivity index (χ0) is 18.6. The fourth-order valence-electron chi connectivity index (χ4n) is 3.80. The van der Waals surface area contributed by atoms with Crippen molar-refractivity contribution in [2.45, 2.75) is 44.6 Å². The van der Waals surface area contributed by atoms with E-state index in [-0.39, 0.29) is 17.9 Å². The summed E-state index contributed by atoms with van der Waals surface area (Å²) < 4.78 is 0. The number of rotatable bonds is 4. The number of carbonyl (C=O) groups is 2. The average Bonchev–Trinajstić information content (AvgIpc) is 3.07. The van der Waals surface area contributed by atoms with Crippen molar-refractivity contribution in [2.75, 3.05) is 18.4 Å². The maximum Gasteiger partial charge on any atom is 0.257 e. The van der Waals surface area contributed by atoms with Crippen LogP contribution in [0.1, 0.15) is 56.8 Å². The van der Waals surface area contributed by atoms with E-state index in [4.69, 9.17) is 0 Å². The van der Waals surface area contributed by atoms with Gasteiger partial charge in [0.25, 0.3) is 11.8 Å². The molecule has 2 aromatic heterocycles. The molecule has 142 valence electrons. The highest BCUT2D eigenvalue weighted by Gasteiger charge is 2.28. The second kappa shape index (κ2) is 8.19. The number of nitrogens with one attached hydrogen (secondary N) is 3. The molecule has 3 heterocycles. The van der Waals surface area contributed by atoms with Crippen LogP contribution in [0.25, 0.3) is 0 Å². The summed E-state index contributed by atoms with van der Waals surface area (Å²) in [4.78, 5) is 30.9. The van der Waals surface area contributed by atoms with Crippen LogP contribution in [0.3, 0.4) is 0 Å². The number of carbonyl (C=O) groups excluding carboxylic acids is 2. The molecule has 1 fully saturated rings. The van der Waals surface area contributed by atoms with Crippen molar-refractivity contribution in [3.05, 3.63) is 46.1 Å². The lowest BCUT2D eigenvalue weighted by molar-refractivity contribution is 0.0931. The first-order valence-corrected chi connectivity index (χ1v) is 10.4. The van der Waals surface area contributed by atoms with Gasteiger partial charge in [0, 0.05) is 29.9 Å². The number of aryl methyl sites for hydroxylation is 1. The van der Waals surface area contributed by atoms with Gasteiger partial charge in [-0.25, -0.2) is 0 Å². The van der Waals surface area contributed by atoms with E-state index in [1.54, 1.807) is 29.7 Å². The lowest BCUT2D eigenvalue weighted by Gasteiger charge is -2.24. The molecule has 7 heteroatoms. The number of aromatic nitrogens is 1. The van der Waals surface area contributed by atoms with E-state index in [0.717, 1.165) is 57.2 Å². The van der Waals surface area contributed by atoms with Crippen LogP contribution in [0, 0.1) is 0 Å². The number of hydrogen-bond acceptors (Lipinski definition) is 5. The Morgan fingerprint density at radius 3 is 2.85 bits per heavy atom. The van der Waals surface area contributed by atoms with Gasteiger partial charge in [0.05, 0.1) is 11.1 Å². The standard InChI is InChI=1S/C20H24N4O2S/c25-18(13-5-3-9-21-11-13)24-20-17(15-7-1-2-8-16(15)27-20)19(26)23-14-6-4-10-22-12-14/h3,5,9,11,14,22H,1-2,4,6-8,10,12H2,(H,23,26)(H,24,25)/t14-/m0/s1. The Morgan fingerprint density at radius 2 is 2.07 bits per heavy atom. The molecular weight excluding hydrogens is 360 g/mol. The third-order valence-electron chi connectivity index (χ3n) is 5.18. The minimum atomic E-state index is -0.227. The molecule has 0 bridgehead atoms. The van der Waals surface area contributed by atoms with Gasteiger partial charge in [-0.1, -0.05) is 0 Å². The van der Waals surface area contributed by atoms with Crippen LogP contribution < -0.4 is 16.0 Å². The maximum atomic E-state index is 13.1. The van der Waals surface area contributed by atoms with E-state index in [1.165, 1.54) is 11.1 Å². The minimum Gasteiger partial charge on any atom is -0.348 e. The van der Waals surface area contributed by atoms with Crippen molar-refractivity contribution in [2.24, 2.45) is 0 Å². The molecule has 0 saturated carbocycles. The molecule has 0 unspecified atom stereocenters. The molecule has 2 amide bonds. The summed E-state index contributed by atoms with van der Waals surface area (Å²) >= 11 is 1.55. The Labute approximate surface area is 162 Å². The summed E-state index contributed by atoms with van der Waals surface area (Å²) in [6.45, 7) is 1.81. The Hall–Kier alpha value is -2.25. The van der Waals surface area contributed by atoms with E-state index in [0.29, 0.717) is 16.1 Å². The van der Waals surface area contributed by atoms with Gasteiger partial charge in [-0.2, -0.15) is 0 Å². The maximum absolute atomic E-state index is 13.1. The molecular formula is C20H24N4O2S. The highest BCUT2D eigenvalue weighted by atomic mass is 32.1. The molecule has 1 aliphatic heterocycles. The molecule has 1 atom stereocenters. The van der Waals surface area contributed by atoms with E-state index >= 15 is 0 Å². The third kappa shape index (κ3) is 4.04. The van der Waals surface area contributed by atoms with Crippen molar-refractivity contribution < 1.29 is 9.59 Å². The quantitative estimate of drug-likeness (QED) is 0.757. The van der Waals surface area contributed by atoms with Crippen molar-refractivity contribution >= 4 is 28.2 Å².